The van der Waals surface area contributed by atoms with Crippen molar-refractivity contribution in [3.8, 4) is 5.75 Å². The molecule has 164 valence electrons. The highest BCUT2D eigenvalue weighted by molar-refractivity contribution is 5.94. The number of aromatic nitrogens is 1. The second-order valence-electron chi connectivity index (χ2n) is 7.98. The predicted octanol–water partition coefficient (Wildman–Crippen LogP) is 4.74. The van der Waals surface area contributed by atoms with E-state index in [2.05, 4.69) is 0 Å². The van der Waals surface area contributed by atoms with Gasteiger partial charge < -0.3 is 13.7 Å². The molecule has 0 unspecified atom stereocenters. The van der Waals surface area contributed by atoms with Crippen molar-refractivity contribution < 1.29 is 13.9 Å². The summed E-state index contributed by atoms with van der Waals surface area (Å²) in [6.45, 7) is 3.73. The topological polar surface area (TPSA) is 78.5 Å². The summed E-state index contributed by atoms with van der Waals surface area (Å²) in [5.74, 6) is -0.128. The summed E-state index contributed by atoms with van der Waals surface area (Å²) < 4.78 is 12.9. The number of hydrogen-bond acceptors (Lipinski definition) is 5. The van der Waals surface area contributed by atoms with Gasteiger partial charge in [-0.2, -0.15) is 0 Å². The van der Waals surface area contributed by atoms with Crippen molar-refractivity contribution in [1.82, 2.24) is 4.57 Å². The zero-order chi connectivity index (χ0) is 23.1. The maximum Gasteiger partial charge on any atom is 0.336 e. The molecule has 0 aliphatic heterocycles. The van der Waals surface area contributed by atoms with Crippen molar-refractivity contribution in [2.24, 2.45) is 0 Å². The maximum atomic E-state index is 13.1. The second-order valence-corrected chi connectivity index (χ2v) is 7.98. The number of esters is 1. The summed E-state index contributed by atoms with van der Waals surface area (Å²) in [7, 11) is 0. The van der Waals surface area contributed by atoms with Crippen LogP contribution in [0, 0.1) is 6.92 Å². The molecule has 0 radical (unpaired) electrons. The molecular formula is C27H21NO5. The van der Waals surface area contributed by atoms with Crippen LogP contribution in [0.4, 0.5) is 0 Å². The summed E-state index contributed by atoms with van der Waals surface area (Å²) in [6, 6.07) is 19.4. The first-order valence-corrected chi connectivity index (χ1v) is 10.7. The van der Waals surface area contributed by atoms with Gasteiger partial charge in [0.25, 0.3) is 0 Å². The minimum atomic E-state index is -0.488. The SMILES string of the molecule is CCc1cc2c(C)cc(=O)oc2cc1OC(=O)Cn1c2ccccc2c(=O)c2ccccc21. The monoisotopic (exact) mass is 439 g/mol. The van der Waals surface area contributed by atoms with Gasteiger partial charge in [0.15, 0.2) is 5.43 Å². The highest BCUT2D eigenvalue weighted by atomic mass is 16.5. The van der Waals surface area contributed by atoms with Gasteiger partial charge in [-0.1, -0.05) is 31.2 Å². The molecule has 0 atom stereocenters. The summed E-state index contributed by atoms with van der Waals surface area (Å²) in [6.07, 6.45) is 0.640. The first-order chi connectivity index (χ1) is 16.0. The molecular weight excluding hydrogens is 418 g/mol. The molecule has 0 amide bonds. The fourth-order valence-corrected chi connectivity index (χ4v) is 4.29. The number of hydrogen-bond donors (Lipinski definition) is 0. The maximum absolute atomic E-state index is 13.1. The first kappa shape index (κ1) is 20.7. The van der Waals surface area contributed by atoms with Crippen LogP contribution in [0.2, 0.25) is 0 Å². The third kappa shape index (κ3) is 3.59. The summed E-state index contributed by atoms with van der Waals surface area (Å²) in [5, 5.41) is 1.89. The van der Waals surface area contributed by atoms with Gasteiger partial charge in [-0.15, -0.1) is 0 Å². The number of para-hydroxylation sites is 2. The van der Waals surface area contributed by atoms with E-state index in [1.54, 1.807) is 34.9 Å². The number of ether oxygens (including phenoxy) is 1. The number of carbonyl (C=O) groups is 1. The summed E-state index contributed by atoms with van der Waals surface area (Å²) >= 11 is 0. The van der Waals surface area contributed by atoms with Crippen molar-refractivity contribution in [2.45, 2.75) is 26.8 Å². The standard InChI is InChI=1S/C27H21NO5/c1-3-17-13-20-16(2)12-25(29)33-24(20)14-23(17)32-26(30)15-28-21-10-6-4-8-18(21)27(31)19-9-5-7-11-22(19)28/h4-14H,3,15H2,1-2H3. The molecule has 2 heterocycles. The number of benzene rings is 3. The molecule has 0 spiro atoms. The molecule has 0 bridgehead atoms. The lowest BCUT2D eigenvalue weighted by molar-refractivity contribution is -0.134. The van der Waals surface area contributed by atoms with Crippen molar-refractivity contribution in [1.29, 1.82) is 0 Å². The summed E-state index contributed by atoms with van der Waals surface area (Å²) in [5.41, 5.74) is 2.82. The largest absolute Gasteiger partial charge is 0.425 e. The Morgan fingerprint density at radius 2 is 1.55 bits per heavy atom. The molecule has 0 aliphatic rings. The van der Waals surface area contributed by atoms with E-state index in [-0.39, 0.29) is 12.0 Å². The van der Waals surface area contributed by atoms with Gasteiger partial charge in [0.1, 0.15) is 17.9 Å². The Bertz CT molecular complexity index is 1620. The molecule has 6 nitrogen and oxygen atoms in total. The third-order valence-electron chi connectivity index (χ3n) is 5.90. The van der Waals surface area contributed by atoms with Crippen LogP contribution in [0.1, 0.15) is 18.1 Å². The Labute approximate surface area is 188 Å². The normalized spacial score (nSPS) is 11.3. The zero-order valence-electron chi connectivity index (χ0n) is 18.3. The van der Waals surface area contributed by atoms with Crippen LogP contribution in [0.25, 0.3) is 32.8 Å². The molecule has 0 fully saturated rings. The molecule has 0 saturated carbocycles. The van der Waals surface area contributed by atoms with Gasteiger partial charge in [-0.05, 0) is 54.8 Å². The van der Waals surface area contributed by atoms with E-state index in [0.717, 1.165) is 16.5 Å². The Balaban J connectivity index is 1.59. The van der Waals surface area contributed by atoms with Gasteiger partial charge in [0.2, 0.25) is 0 Å². The van der Waals surface area contributed by atoms with Crippen molar-refractivity contribution in [3.63, 3.8) is 0 Å². The Morgan fingerprint density at radius 1 is 0.909 bits per heavy atom. The summed E-state index contributed by atoms with van der Waals surface area (Å²) in [4.78, 5) is 37.8. The number of rotatable bonds is 4. The molecule has 0 saturated heterocycles. The Morgan fingerprint density at radius 3 is 2.18 bits per heavy atom. The van der Waals surface area contributed by atoms with E-state index >= 15 is 0 Å². The van der Waals surface area contributed by atoms with Gasteiger partial charge >= 0.3 is 11.6 Å². The molecule has 6 heteroatoms. The third-order valence-corrected chi connectivity index (χ3v) is 5.90. The van der Waals surface area contributed by atoms with E-state index in [4.69, 9.17) is 9.15 Å². The second kappa shape index (κ2) is 8.06. The van der Waals surface area contributed by atoms with E-state index in [9.17, 15) is 14.4 Å². The number of nitrogens with zero attached hydrogens (tertiary/aromatic N) is 1. The molecule has 2 aromatic heterocycles. The minimum absolute atomic E-state index is 0.0704. The van der Waals surface area contributed by atoms with Crippen LogP contribution in [-0.4, -0.2) is 10.5 Å². The lowest BCUT2D eigenvalue weighted by Crippen LogP contribution is -2.20. The van der Waals surface area contributed by atoms with Crippen LogP contribution in [0.15, 0.2) is 80.7 Å². The van der Waals surface area contributed by atoms with Crippen LogP contribution < -0.4 is 15.8 Å². The average Bonchev–Trinajstić information content (AvgIpc) is 2.81. The van der Waals surface area contributed by atoms with E-state index in [1.165, 1.54) is 6.07 Å². The number of carbonyl (C=O) groups excluding carboxylic acids is 1. The van der Waals surface area contributed by atoms with Crippen molar-refractivity contribution in [2.75, 3.05) is 0 Å². The van der Waals surface area contributed by atoms with E-state index < -0.39 is 11.6 Å². The number of fused-ring (bicyclic) bond motifs is 3. The predicted molar refractivity (Wildman–Crippen MR) is 128 cm³/mol. The van der Waals surface area contributed by atoms with Gasteiger partial charge in [0, 0.05) is 28.3 Å². The van der Waals surface area contributed by atoms with Crippen LogP contribution >= 0.6 is 0 Å². The van der Waals surface area contributed by atoms with Gasteiger partial charge in [-0.3, -0.25) is 4.79 Å². The van der Waals surface area contributed by atoms with E-state index in [0.29, 0.717) is 39.6 Å². The molecule has 5 aromatic rings. The highest BCUT2D eigenvalue weighted by Crippen LogP contribution is 2.28. The first-order valence-electron chi connectivity index (χ1n) is 10.7. The quantitative estimate of drug-likeness (QED) is 0.175. The molecule has 0 aliphatic carbocycles. The average molecular weight is 439 g/mol. The molecule has 0 N–H and O–H groups in total. The Kier molecular flexibility index (Phi) is 5.05. The lowest BCUT2D eigenvalue weighted by atomic mass is 10.1. The highest BCUT2D eigenvalue weighted by Gasteiger charge is 2.16. The fourth-order valence-electron chi connectivity index (χ4n) is 4.29. The van der Waals surface area contributed by atoms with Crippen molar-refractivity contribution in [3.05, 3.63) is 98.5 Å². The van der Waals surface area contributed by atoms with Gasteiger partial charge in [0.05, 0.1) is 11.0 Å². The van der Waals surface area contributed by atoms with Crippen LogP contribution in [-0.2, 0) is 17.8 Å². The fraction of sp³-hybridized carbons (Fsp3) is 0.148. The molecule has 33 heavy (non-hydrogen) atoms. The van der Waals surface area contributed by atoms with E-state index in [1.807, 2.05) is 44.2 Å². The molecule has 3 aromatic carbocycles. The molecule has 5 rings (SSSR count). The number of pyridine rings is 1. The minimum Gasteiger partial charge on any atom is -0.425 e. The smallest absolute Gasteiger partial charge is 0.336 e. The van der Waals surface area contributed by atoms with Crippen molar-refractivity contribution >= 4 is 38.7 Å². The van der Waals surface area contributed by atoms with Gasteiger partial charge in [-0.25, -0.2) is 9.59 Å². The van der Waals surface area contributed by atoms with Crippen LogP contribution in [0.5, 0.6) is 5.75 Å². The van der Waals surface area contributed by atoms with Crippen LogP contribution in [0.3, 0.4) is 0 Å². The Hall–Kier alpha value is -4.19. The zero-order valence-corrected chi connectivity index (χ0v) is 18.3. The lowest BCUT2D eigenvalue weighted by Gasteiger charge is -2.16. The number of aryl methyl sites for hydroxylation is 2.